The molecule has 4 aliphatic rings. The molecule has 1 N–H and O–H groups in total. The molecule has 3 atom stereocenters. The lowest BCUT2D eigenvalue weighted by molar-refractivity contribution is -0.143. The number of hydrogen-bond acceptors (Lipinski definition) is 8. The van der Waals surface area contributed by atoms with E-state index in [4.69, 9.17) is 19.4 Å². The van der Waals surface area contributed by atoms with Gasteiger partial charge in [0.1, 0.15) is 11.4 Å². The molecule has 0 amide bonds. The number of aryl methyl sites for hydroxylation is 1. The van der Waals surface area contributed by atoms with Crippen LogP contribution in [0.3, 0.4) is 0 Å². The van der Waals surface area contributed by atoms with Crippen molar-refractivity contribution in [3.05, 3.63) is 29.5 Å². The Balaban J connectivity index is 1.27. The number of piperidine rings is 1. The number of anilines is 2. The summed E-state index contributed by atoms with van der Waals surface area (Å²) < 4.78 is 23.2. The van der Waals surface area contributed by atoms with Crippen molar-refractivity contribution in [2.24, 2.45) is 11.8 Å². The second-order valence-electron chi connectivity index (χ2n) is 9.26. The molecule has 4 heterocycles. The Bertz CT molecular complexity index is 976. The van der Waals surface area contributed by atoms with E-state index in [0.717, 1.165) is 80.8 Å². The molecular formula is C24H31IN4O4S. The fourth-order valence-electron chi connectivity index (χ4n) is 5.15. The predicted octanol–water partition coefficient (Wildman–Crippen LogP) is 3.04. The first-order chi connectivity index (χ1) is 16.5. The first-order valence-electron chi connectivity index (χ1n) is 12.0. The molecule has 1 aliphatic carbocycles. The smallest absolute Gasteiger partial charge is 0.313 e. The minimum atomic E-state index is -1.03. The lowest BCUT2D eigenvalue weighted by Crippen LogP contribution is -2.36. The van der Waals surface area contributed by atoms with E-state index < -0.39 is 11.2 Å². The fraction of sp³-hybridized carbons (Fsp3) is 0.625. The molecule has 0 saturated carbocycles. The summed E-state index contributed by atoms with van der Waals surface area (Å²) in [5.41, 5.74) is 2.24. The van der Waals surface area contributed by atoms with Gasteiger partial charge in [-0.1, -0.05) is 40.8 Å². The number of nitrogens with one attached hydrogen (secondary N) is 1. The number of halogens is 1. The molecule has 1 aromatic rings. The van der Waals surface area contributed by atoms with Crippen LogP contribution in [0.5, 0.6) is 0 Å². The van der Waals surface area contributed by atoms with Crippen LogP contribution in [0, 0.1) is 11.8 Å². The lowest BCUT2D eigenvalue weighted by Gasteiger charge is -2.34. The molecule has 1 aromatic heterocycles. The number of esters is 1. The maximum atomic E-state index is 12.7. The first kappa shape index (κ1) is 24.3. The quantitative estimate of drug-likeness (QED) is 0.239. The number of allylic oxidation sites excluding steroid dienone is 3. The molecule has 2 unspecified atom stereocenters. The zero-order valence-electron chi connectivity index (χ0n) is 19.4. The van der Waals surface area contributed by atoms with Gasteiger partial charge in [-0.15, -0.1) is 0 Å². The van der Waals surface area contributed by atoms with Crippen LogP contribution in [0.25, 0.3) is 0 Å². The molecule has 3 aliphatic heterocycles. The van der Waals surface area contributed by atoms with Gasteiger partial charge >= 0.3 is 5.97 Å². The predicted molar refractivity (Wildman–Crippen MR) is 140 cm³/mol. The van der Waals surface area contributed by atoms with Gasteiger partial charge in [0.15, 0.2) is 5.82 Å². The Morgan fingerprint density at radius 3 is 2.74 bits per heavy atom. The van der Waals surface area contributed by atoms with Crippen molar-refractivity contribution < 1.29 is 18.8 Å². The summed E-state index contributed by atoms with van der Waals surface area (Å²) in [5.74, 6) is 2.20. The Hall–Kier alpha value is -1.37. The van der Waals surface area contributed by atoms with Crippen LogP contribution >= 0.6 is 22.6 Å². The monoisotopic (exact) mass is 598 g/mol. The van der Waals surface area contributed by atoms with Crippen molar-refractivity contribution in [1.29, 1.82) is 0 Å². The third kappa shape index (κ3) is 5.10. The number of hydrogen-bond donors (Lipinski definition) is 1. The van der Waals surface area contributed by atoms with Crippen molar-refractivity contribution in [3.63, 3.8) is 0 Å². The van der Waals surface area contributed by atoms with Crippen molar-refractivity contribution in [1.82, 2.24) is 9.97 Å². The zero-order valence-corrected chi connectivity index (χ0v) is 22.3. The highest BCUT2D eigenvalue weighted by atomic mass is 127. The molecule has 34 heavy (non-hydrogen) atoms. The molecular weight excluding hydrogens is 567 g/mol. The van der Waals surface area contributed by atoms with E-state index in [1.54, 1.807) is 0 Å². The van der Waals surface area contributed by atoms with E-state index in [0.29, 0.717) is 17.7 Å². The molecule has 8 nitrogen and oxygen atoms in total. The van der Waals surface area contributed by atoms with Gasteiger partial charge in [-0.25, -0.2) is 4.98 Å². The van der Waals surface area contributed by atoms with Gasteiger partial charge in [-0.3, -0.25) is 4.79 Å². The fourth-order valence-corrected chi connectivity index (χ4v) is 7.41. The number of aromatic nitrogens is 2. The average molecular weight is 599 g/mol. The lowest BCUT2D eigenvalue weighted by atomic mass is 9.84. The summed E-state index contributed by atoms with van der Waals surface area (Å²) in [6, 6.07) is 0.295. The molecule has 0 spiro atoms. The summed E-state index contributed by atoms with van der Waals surface area (Å²) in [5, 5.41) is 3.57. The van der Waals surface area contributed by atoms with E-state index >= 15 is 0 Å². The molecule has 5 rings (SSSR count). The van der Waals surface area contributed by atoms with Gasteiger partial charge in [0, 0.05) is 42.7 Å². The average Bonchev–Trinajstić information content (AvgIpc) is 3.25. The maximum Gasteiger partial charge on any atom is 0.313 e. The third-order valence-electron chi connectivity index (χ3n) is 7.15. The topological polar surface area (TPSA) is 99.6 Å². The van der Waals surface area contributed by atoms with Crippen LogP contribution in [-0.2, 0) is 31.9 Å². The van der Waals surface area contributed by atoms with Gasteiger partial charge in [0.25, 0.3) is 0 Å². The molecule has 184 valence electrons. The van der Waals surface area contributed by atoms with E-state index in [-0.39, 0.29) is 15.8 Å². The van der Waals surface area contributed by atoms with E-state index in [2.05, 4.69) is 45.0 Å². The summed E-state index contributed by atoms with van der Waals surface area (Å²) in [6.07, 6.45) is 10.9. The highest BCUT2D eigenvalue weighted by Gasteiger charge is 2.35. The number of methoxy groups -OCH3 is 1. The van der Waals surface area contributed by atoms with Gasteiger partial charge in [0.05, 0.1) is 13.0 Å². The van der Waals surface area contributed by atoms with Gasteiger partial charge in [-0.05, 0) is 48.4 Å². The molecule has 2 fully saturated rings. The van der Waals surface area contributed by atoms with E-state index in [1.165, 1.54) is 12.7 Å². The third-order valence-corrected chi connectivity index (χ3v) is 9.74. The number of alkyl halides is 1. The number of ether oxygens (including phenoxy) is 2. The van der Waals surface area contributed by atoms with Crippen molar-refractivity contribution in [2.75, 3.05) is 49.4 Å². The Kier molecular flexibility index (Phi) is 7.67. The van der Waals surface area contributed by atoms with Crippen molar-refractivity contribution >= 4 is 51.5 Å². The number of rotatable bonds is 5. The second kappa shape index (κ2) is 10.7. The van der Waals surface area contributed by atoms with Gasteiger partial charge in [0.2, 0.25) is 10.8 Å². The Labute approximate surface area is 217 Å². The van der Waals surface area contributed by atoms with Crippen LogP contribution in [0.4, 0.5) is 11.8 Å². The number of fused-ring (bicyclic) bond motifs is 1. The number of carbonyl (C=O) groups is 1. The van der Waals surface area contributed by atoms with E-state index in [1.807, 2.05) is 6.08 Å². The molecule has 0 radical (unpaired) electrons. The number of carbonyl (C=O) groups excluding carboxylic acids is 1. The highest BCUT2D eigenvalue weighted by Crippen LogP contribution is 2.36. The van der Waals surface area contributed by atoms with Crippen molar-refractivity contribution in [2.45, 2.75) is 47.0 Å². The van der Waals surface area contributed by atoms with E-state index in [9.17, 15) is 9.35 Å². The van der Waals surface area contributed by atoms with Crippen LogP contribution in [0.2, 0.25) is 0 Å². The molecule has 10 heteroatoms. The summed E-state index contributed by atoms with van der Waals surface area (Å²) in [6.45, 7) is 3.25. The summed E-state index contributed by atoms with van der Waals surface area (Å²) >= 11 is 1.30. The largest absolute Gasteiger partial charge is 0.611 e. The summed E-state index contributed by atoms with van der Waals surface area (Å²) in [4.78, 5) is 24.8. The zero-order chi connectivity index (χ0) is 23.7. The van der Waals surface area contributed by atoms with Crippen LogP contribution in [-0.4, -0.2) is 69.6 Å². The molecule has 2 saturated heterocycles. The first-order valence-corrected chi connectivity index (χ1v) is 14.6. The van der Waals surface area contributed by atoms with Crippen molar-refractivity contribution in [3.8, 4) is 0 Å². The SMILES string of the molecule is COC(=O)C1C=CC(C2CCN(c3nc4c(c(NC5CCOCC5)n3)[S+]([O-])CC4)CC2)=C[C@H]1I. The summed E-state index contributed by atoms with van der Waals surface area (Å²) in [7, 11) is 1.44. The standard InChI is InChI=1S/C24H31IN4O4S/c1-32-23(30)18-3-2-16(14-19(18)25)15-4-9-29(10-5-15)24-27-20-8-13-34(31)21(20)22(28-24)26-17-6-11-33-12-7-17/h2-3,14-15,17-19H,4-13H2,1H3,(H,26,27,28)/t18?,19-,34?/m1/s1. The van der Waals surface area contributed by atoms with Crippen LogP contribution in [0.1, 0.15) is 31.4 Å². The Morgan fingerprint density at radius 1 is 1.26 bits per heavy atom. The molecule has 0 aromatic carbocycles. The van der Waals surface area contributed by atoms with Gasteiger partial charge < -0.3 is 24.2 Å². The highest BCUT2D eigenvalue weighted by molar-refractivity contribution is 14.1. The van der Waals surface area contributed by atoms with Crippen LogP contribution < -0.4 is 10.2 Å². The maximum absolute atomic E-state index is 12.7. The Morgan fingerprint density at radius 2 is 2.03 bits per heavy atom. The number of nitrogens with zero attached hydrogens (tertiary/aromatic N) is 3. The van der Waals surface area contributed by atoms with Crippen LogP contribution in [0.15, 0.2) is 28.7 Å². The van der Waals surface area contributed by atoms with Gasteiger partial charge in [-0.2, -0.15) is 4.98 Å². The molecule has 0 bridgehead atoms. The minimum absolute atomic E-state index is 0.114. The normalized spacial score (nSPS) is 27.9. The minimum Gasteiger partial charge on any atom is -0.611 e. The second-order valence-corrected chi connectivity index (χ2v) is 12.2.